The minimum absolute atomic E-state index is 1.36. The van der Waals surface area contributed by atoms with Crippen molar-refractivity contribution in [1.82, 2.24) is 4.90 Å². The van der Waals surface area contributed by atoms with E-state index in [1.165, 1.54) is 38.9 Å². The molecule has 0 radical (unpaired) electrons. The molecule has 0 aromatic carbocycles. The molecule has 1 aliphatic heterocycles. The van der Waals surface area contributed by atoms with E-state index in [9.17, 15) is 0 Å². The van der Waals surface area contributed by atoms with Crippen molar-refractivity contribution in [3.63, 3.8) is 0 Å². The first-order chi connectivity index (χ1) is 5.35. The molecule has 0 bridgehead atoms. The summed E-state index contributed by atoms with van der Waals surface area (Å²) in [6.45, 7) is 11.6. The molecule has 0 saturated carbocycles. The number of hydrogen-bond donors (Lipinski definition) is 0. The van der Waals surface area contributed by atoms with Gasteiger partial charge in [0.1, 0.15) is 0 Å². The topological polar surface area (TPSA) is 3.01 Å². The van der Waals surface area contributed by atoms with Crippen LogP contribution in [0.3, 0.4) is 0 Å². The van der Waals surface area contributed by atoms with Gasteiger partial charge in [0, 0.05) is 13.1 Å². The molecule has 0 amide bonds. The lowest BCUT2D eigenvalue weighted by Gasteiger charge is -1.96. The van der Waals surface area contributed by atoms with E-state index in [0.717, 1.165) is 0 Å². The average molecular weight is 155 g/mol. The van der Waals surface area contributed by atoms with Crippen molar-refractivity contribution in [2.75, 3.05) is 19.6 Å². The Morgan fingerprint density at radius 3 is 2.27 bits per heavy atom. The highest BCUT2D eigenvalue weighted by atomic mass is 15.2. The fourth-order valence-corrected chi connectivity index (χ4v) is 0.880. The summed E-state index contributed by atoms with van der Waals surface area (Å²) in [6, 6.07) is 0. The standard InChI is InChI=1S/C7H15N.C3H6/c1-2-3-4-5-8-6-7-8;1-3-2/h2-7H2,1H3;3H,1H2,2H3. The molecule has 1 fully saturated rings. The summed E-state index contributed by atoms with van der Waals surface area (Å²) in [6.07, 6.45) is 5.93. The Morgan fingerprint density at radius 2 is 1.91 bits per heavy atom. The van der Waals surface area contributed by atoms with Crippen molar-refractivity contribution in [3.05, 3.63) is 12.7 Å². The zero-order valence-electron chi connectivity index (χ0n) is 7.97. The number of rotatable bonds is 4. The predicted molar refractivity (Wildman–Crippen MR) is 51.8 cm³/mol. The quantitative estimate of drug-likeness (QED) is 0.343. The van der Waals surface area contributed by atoms with E-state index in [4.69, 9.17) is 0 Å². The van der Waals surface area contributed by atoms with Gasteiger partial charge >= 0.3 is 0 Å². The third-order valence-corrected chi connectivity index (χ3v) is 1.62. The van der Waals surface area contributed by atoms with Crippen LogP contribution in [0.25, 0.3) is 0 Å². The van der Waals surface area contributed by atoms with Crippen LogP contribution in [0.5, 0.6) is 0 Å². The van der Waals surface area contributed by atoms with Gasteiger partial charge < -0.3 is 4.90 Å². The second kappa shape index (κ2) is 7.80. The molecular formula is C10H21N. The Kier molecular flexibility index (Phi) is 7.59. The van der Waals surface area contributed by atoms with Gasteiger partial charge in [-0.15, -0.1) is 6.58 Å². The Hall–Kier alpha value is -0.300. The lowest BCUT2D eigenvalue weighted by Crippen LogP contribution is -1.97. The lowest BCUT2D eigenvalue weighted by molar-refractivity contribution is 0.517. The first-order valence-corrected chi connectivity index (χ1v) is 4.64. The highest BCUT2D eigenvalue weighted by Crippen LogP contribution is 2.05. The molecular weight excluding hydrogens is 134 g/mol. The molecule has 1 nitrogen and oxygen atoms in total. The summed E-state index contributed by atoms with van der Waals surface area (Å²) in [7, 11) is 0. The van der Waals surface area contributed by atoms with Crippen molar-refractivity contribution in [2.24, 2.45) is 0 Å². The molecule has 11 heavy (non-hydrogen) atoms. The number of nitrogens with zero attached hydrogens (tertiary/aromatic N) is 1. The van der Waals surface area contributed by atoms with E-state index >= 15 is 0 Å². The van der Waals surface area contributed by atoms with Crippen molar-refractivity contribution in [2.45, 2.75) is 33.1 Å². The molecule has 0 aliphatic carbocycles. The van der Waals surface area contributed by atoms with E-state index in [1.54, 1.807) is 6.08 Å². The summed E-state index contributed by atoms with van der Waals surface area (Å²) >= 11 is 0. The minimum Gasteiger partial charge on any atom is -0.301 e. The van der Waals surface area contributed by atoms with Gasteiger partial charge in [-0.05, 0) is 19.9 Å². The van der Waals surface area contributed by atoms with Crippen molar-refractivity contribution in [1.29, 1.82) is 0 Å². The van der Waals surface area contributed by atoms with Gasteiger partial charge in [0.15, 0.2) is 0 Å². The second-order valence-electron chi connectivity index (χ2n) is 2.96. The summed E-state index contributed by atoms with van der Waals surface area (Å²) in [5.74, 6) is 0. The van der Waals surface area contributed by atoms with E-state index in [0.29, 0.717) is 0 Å². The van der Waals surface area contributed by atoms with E-state index < -0.39 is 0 Å². The second-order valence-corrected chi connectivity index (χ2v) is 2.96. The van der Waals surface area contributed by atoms with Crippen molar-refractivity contribution in [3.8, 4) is 0 Å². The summed E-state index contributed by atoms with van der Waals surface area (Å²) in [5, 5.41) is 0. The Labute approximate surface area is 71.1 Å². The third-order valence-electron chi connectivity index (χ3n) is 1.62. The van der Waals surface area contributed by atoms with Gasteiger partial charge in [0.2, 0.25) is 0 Å². The Balaban J connectivity index is 0.000000292. The molecule has 1 aliphatic rings. The molecule has 1 rings (SSSR count). The number of allylic oxidation sites excluding steroid dienone is 1. The van der Waals surface area contributed by atoms with Gasteiger partial charge in [-0.2, -0.15) is 0 Å². The van der Waals surface area contributed by atoms with Gasteiger partial charge in [-0.3, -0.25) is 0 Å². The summed E-state index contributed by atoms with van der Waals surface area (Å²) < 4.78 is 0. The monoisotopic (exact) mass is 155 g/mol. The van der Waals surface area contributed by atoms with Crippen LogP contribution in [-0.4, -0.2) is 24.5 Å². The van der Waals surface area contributed by atoms with Crippen LogP contribution in [-0.2, 0) is 0 Å². The highest BCUT2D eigenvalue weighted by Gasteiger charge is 2.14. The molecule has 0 unspecified atom stereocenters. The van der Waals surface area contributed by atoms with Gasteiger partial charge in [0.05, 0.1) is 0 Å². The van der Waals surface area contributed by atoms with Gasteiger partial charge in [-0.25, -0.2) is 0 Å². The first-order valence-electron chi connectivity index (χ1n) is 4.64. The summed E-state index contributed by atoms with van der Waals surface area (Å²) in [5.41, 5.74) is 0. The predicted octanol–water partition coefficient (Wildman–Crippen LogP) is 2.68. The SMILES string of the molecule is C=CC.CCCCCN1CC1. The van der Waals surface area contributed by atoms with Crippen LogP contribution >= 0.6 is 0 Å². The molecule has 0 spiro atoms. The fourth-order valence-electron chi connectivity index (χ4n) is 0.880. The van der Waals surface area contributed by atoms with Crippen LogP contribution < -0.4 is 0 Å². The molecule has 1 saturated heterocycles. The molecule has 1 heterocycles. The molecule has 0 aromatic heterocycles. The fraction of sp³-hybridized carbons (Fsp3) is 0.800. The van der Waals surface area contributed by atoms with Gasteiger partial charge in [-0.1, -0.05) is 25.8 Å². The Morgan fingerprint density at radius 1 is 1.36 bits per heavy atom. The molecule has 1 heteroatoms. The number of hydrogen-bond acceptors (Lipinski definition) is 1. The maximum atomic E-state index is 3.36. The number of unbranched alkanes of at least 4 members (excludes halogenated alkanes) is 2. The highest BCUT2D eigenvalue weighted by molar-refractivity contribution is 4.71. The largest absolute Gasteiger partial charge is 0.301 e. The maximum Gasteiger partial charge on any atom is 0.0110 e. The van der Waals surface area contributed by atoms with Crippen molar-refractivity contribution >= 4 is 0 Å². The van der Waals surface area contributed by atoms with Crippen LogP contribution in [0, 0.1) is 0 Å². The molecule has 0 N–H and O–H groups in total. The maximum absolute atomic E-state index is 3.36. The van der Waals surface area contributed by atoms with Crippen LogP contribution in [0.2, 0.25) is 0 Å². The van der Waals surface area contributed by atoms with E-state index in [1.807, 2.05) is 6.92 Å². The van der Waals surface area contributed by atoms with Crippen LogP contribution in [0.1, 0.15) is 33.1 Å². The first kappa shape index (κ1) is 10.7. The van der Waals surface area contributed by atoms with Crippen LogP contribution in [0.4, 0.5) is 0 Å². The lowest BCUT2D eigenvalue weighted by atomic mass is 10.2. The molecule has 66 valence electrons. The molecule has 0 aromatic rings. The third kappa shape index (κ3) is 9.70. The van der Waals surface area contributed by atoms with E-state index in [2.05, 4.69) is 18.4 Å². The average Bonchev–Trinajstić information content (AvgIpc) is 2.74. The minimum atomic E-state index is 1.36. The van der Waals surface area contributed by atoms with Gasteiger partial charge in [0.25, 0.3) is 0 Å². The zero-order valence-corrected chi connectivity index (χ0v) is 7.97. The smallest absolute Gasteiger partial charge is 0.0110 e. The Bertz CT molecular complexity index is 84.9. The normalized spacial score (nSPS) is 15.1. The van der Waals surface area contributed by atoms with Crippen molar-refractivity contribution < 1.29 is 0 Å². The molecule has 0 atom stereocenters. The zero-order chi connectivity index (χ0) is 8.53. The van der Waals surface area contributed by atoms with Crippen LogP contribution in [0.15, 0.2) is 12.7 Å². The van der Waals surface area contributed by atoms with E-state index in [-0.39, 0.29) is 0 Å². The summed E-state index contributed by atoms with van der Waals surface area (Å²) in [4.78, 5) is 2.48.